The van der Waals surface area contributed by atoms with Crippen molar-refractivity contribution in [1.29, 1.82) is 5.26 Å². The molecule has 0 bridgehead atoms. The minimum atomic E-state index is -0.103. The molecule has 1 aromatic rings. The normalized spacial score (nSPS) is 9.27. The van der Waals surface area contributed by atoms with Crippen LogP contribution in [0.25, 0.3) is 0 Å². The van der Waals surface area contributed by atoms with Crippen molar-refractivity contribution in [3.8, 4) is 6.07 Å². The number of amides is 1. The summed E-state index contributed by atoms with van der Waals surface area (Å²) in [4.78, 5) is 11.2. The molecule has 0 radical (unpaired) electrons. The van der Waals surface area contributed by atoms with Crippen LogP contribution in [0.2, 0.25) is 0 Å². The first-order valence-corrected chi connectivity index (χ1v) is 4.71. The molecule has 0 fully saturated rings. The molecule has 4 heteroatoms. The van der Waals surface area contributed by atoms with Gasteiger partial charge in [0.1, 0.15) is 0 Å². The van der Waals surface area contributed by atoms with E-state index in [9.17, 15) is 4.79 Å². The van der Waals surface area contributed by atoms with Gasteiger partial charge < -0.3 is 5.32 Å². The van der Waals surface area contributed by atoms with Gasteiger partial charge >= 0.3 is 0 Å². The van der Waals surface area contributed by atoms with Crippen LogP contribution in [0, 0.1) is 11.3 Å². The maximum atomic E-state index is 11.2. The standard InChI is InChI=1S/C11H13N3O/c12-6-7-13-9-11(15)14-8-10-4-2-1-3-5-10/h1-5,13H,7-9H2,(H,14,15). The Morgan fingerprint density at radius 3 is 2.73 bits per heavy atom. The van der Waals surface area contributed by atoms with Crippen LogP contribution in [0.4, 0.5) is 0 Å². The summed E-state index contributed by atoms with van der Waals surface area (Å²) in [6, 6.07) is 11.6. The lowest BCUT2D eigenvalue weighted by Crippen LogP contribution is -2.33. The van der Waals surface area contributed by atoms with Crippen LogP contribution in [-0.2, 0) is 11.3 Å². The lowest BCUT2D eigenvalue weighted by Gasteiger charge is -2.04. The van der Waals surface area contributed by atoms with Crippen LogP contribution in [0.1, 0.15) is 5.56 Å². The van der Waals surface area contributed by atoms with E-state index in [-0.39, 0.29) is 19.0 Å². The van der Waals surface area contributed by atoms with Crippen LogP contribution in [0.3, 0.4) is 0 Å². The van der Waals surface area contributed by atoms with E-state index in [0.29, 0.717) is 6.54 Å². The molecular formula is C11H13N3O. The number of nitrogens with one attached hydrogen (secondary N) is 2. The second kappa shape index (κ2) is 6.57. The van der Waals surface area contributed by atoms with Crippen LogP contribution >= 0.6 is 0 Å². The maximum absolute atomic E-state index is 11.2. The molecule has 0 aliphatic carbocycles. The number of carbonyl (C=O) groups excluding carboxylic acids is 1. The van der Waals surface area contributed by atoms with Crippen molar-refractivity contribution in [3.63, 3.8) is 0 Å². The molecule has 1 rings (SSSR count). The van der Waals surface area contributed by atoms with Gasteiger partial charge in [0, 0.05) is 6.54 Å². The number of benzene rings is 1. The number of hydrogen-bond acceptors (Lipinski definition) is 3. The van der Waals surface area contributed by atoms with Crippen LogP contribution in [-0.4, -0.2) is 19.0 Å². The van der Waals surface area contributed by atoms with Gasteiger partial charge in [-0.3, -0.25) is 10.1 Å². The largest absolute Gasteiger partial charge is 0.351 e. The maximum Gasteiger partial charge on any atom is 0.234 e. The van der Waals surface area contributed by atoms with Gasteiger partial charge in [0.25, 0.3) is 0 Å². The van der Waals surface area contributed by atoms with E-state index >= 15 is 0 Å². The average molecular weight is 203 g/mol. The van der Waals surface area contributed by atoms with E-state index in [4.69, 9.17) is 5.26 Å². The van der Waals surface area contributed by atoms with Crippen molar-refractivity contribution in [2.45, 2.75) is 6.54 Å². The summed E-state index contributed by atoms with van der Waals surface area (Å²) in [6.07, 6.45) is 0. The second-order valence-corrected chi connectivity index (χ2v) is 3.02. The molecule has 15 heavy (non-hydrogen) atoms. The summed E-state index contributed by atoms with van der Waals surface area (Å²) >= 11 is 0. The SMILES string of the molecule is N#CCNCC(=O)NCc1ccccc1. The molecule has 0 unspecified atom stereocenters. The summed E-state index contributed by atoms with van der Waals surface area (Å²) in [5, 5.41) is 13.7. The number of rotatable bonds is 5. The highest BCUT2D eigenvalue weighted by atomic mass is 16.1. The van der Waals surface area contributed by atoms with Crippen LogP contribution in [0.15, 0.2) is 30.3 Å². The zero-order valence-electron chi connectivity index (χ0n) is 8.36. The fourth-order valence-electron chi connectivity index (χ4n) is 1.09. The second-order valence-electron chi connectivity index (χ2n) is 3.02. The predicted octanol–water partition coefficient (Wildman–Crippen LogP) is 0.416. The van der Waals surface area contributed by atoms with E-state index < -0.39 is 0 Å². The Balaban J connectivity index is 2.20. The molecule has 4 nitrogen and oxygen atoms in total. The van der Waals surface area contributed by atoms with Crippen molar-refractivity contribution in [1.82, 2.24) is 10.6 Å². The molecule has 0 saturated heterocycles. The molecule has 0 aromatic heterocycles. The molecular weight excluding hydrogens is 190 g/mol. The van der Waals surface area contributed by atoms with Gasteiger partial charge in [0.15, 0.2) is 0 Å². The molecule has 1 amide bonds. The Bertz CT molecular complexity index is 343. The molecule has 0 aliphatic rings. The third kappa shape index (κ3) is 4.79. The number of nitrogens with zero attached hydrogens (tertiary/aromatic N) is 1. The Kier molecular flexibility index (Phi) is 4.91. The van der Waals surface area contributed by atoms with Crippen molar-refractivity contribution >= 4 is 5.91 Å². The highest BCUT2D eigenvalue weighted by Gasteiger charge is 1.99. The first kappa shape index (κ1) is 11.2. The van der Waals surface area contributed by atoms with E-state index in [1.165, 1.54) is 0 Å². The lowest BCUT2D eigenvalue weighted by molar-refractivity contribution is -0.120. The average Bonchev–Trinajstić information content (AvgIpc) is 2.28. The molecule has 0 saturated carbocycles. The number of hydrogen-bond donors (Lipinski definition) is 2. The molecule has 2 N–H and O–H groups in total. The predicted molar refractivity (Wildman–Crippen MR) is 56.8 cm³/mol. The molecule has 0 heterocycles. The molecule has 78 valence electrons. The van der Waals surface area contributed by atoms with E-state index in [0.717, 1.165) is 5.56 Å². The van der Waals surface area contributed by atoms with Gasteiger partial charge in [0.2, 0.25) is 5.91 Å². The Hall–Kier alpha value is -1.86. The molecule has 0 spiro atoms. The third-order valence-corrected chi connectivity index (χ3v) is 1.82. The van der Waals surface area contributed by atoms with Crippen molar-refractivity contribution in [2.24, 2.45) is 0 Å². The third-order valence-electron chi connectivity index (χ3n) is 1.82. The molecule has 1 aromatic carbocycles. The van der Waals surface area contributed by atoms with Gasteiger partial charge in [-0.1, -0.05) is 30.3 Å². The Morgan fingerprint density at radius 1 is 1.33 bits per heavy atom. The summed E-state index contributed by atoms with van der Waals surface area (Å²) < 4.78 is 0. The van der Waals surface area contributed by atoms with Gasteiger partial charge in [-0.2, -0.15) is 5.26 Å². The number of nitriles is 1. The van der Waals surface area contributed by atoms with Gasteiger partial charge in [-0.25, -0.2) is 0 Å². The summed E-state index contributed by atoms with van der Waals surface area (Å²) in [5.41, 5.74) is 1.06. The molecule has 0 atom stereocenters. The smallest absolute Gasteiger partial charge is 0.234 e. The van der Waals surface area contributed by atoms with E-state index in [1.54, 1.807) is 0 Å². The quantitative estimate of drug-likeness (QED) is 0.538. The zero-order valence-corrected chi connectivity index (χ0v) is 8.36. The minimum absolute atomic E-state index is 0.103. The lowest BCUT2D eigenvalue weighted by atomic mass is 10.2. The summed E-state index contributed by atoms with van der Waals surface area (Å²) in [6.45, 7) is 0.896. The first-order valence-electron chi connectivity index (χ1n) is 4.71. The fourth-order valence-corrected chi connectivity index (χ4v) is 1.09. The Morgan fingerprint density at radius 2 is 2.07 bits per heavy atom. The first-order chi connectivity index (χ1) is 7.33. The minimum Gasteiger partial charge on any atom is -0.351 e. The van der Waals surface area contributed by atoms with Gasteiger partial charge in [-0.05, 0) is 5.56 Å². The summed E-state index contributed by atoms with van der Waals surface area (Å²) in [5.74, 6) is -0.103. The van der Waals surface area contributed by atoms with Crippen LogP contribution in [0.5, 0.6) is 0 Å². The van der Waals surface area contributed by atoms with Crippen molar-refractivity contribution in [2.75, 3.05) is 13.1 Å². The topological polar surface area (TPSA) is 64.9 Å². The van der Waals surface area contributed by atoms with Crippen molar-refractivity contribution < 1.29 is 4.79 Å². The fraction of sp³-hybridized carbons (Fsp3) is 0.273. The van der Waals surface area contributed by atoms with Gasteiger partial charge in [0.05, 0.1) is 19.2 Å². The van der Waals surface area contributed by atoms with Crippen molar-refractivity contribution in [3.05, 3.63) is 35.9 Å². The Labute approximate surface area is 88.9 Å². The highest BCUT2D eigenvalue weighted by molar-refractivity contribution is 5.77. The van der Waals surface area contributed by atoms with Crippen LogP contribution < -0.4 is 10.6 Å². The highest BCUT2D eigenvalue weighted by Crippen LogP contribution is 1.96. The van der Waals surface area contributed by atoms with E-state index in [1.807, 2.05) is 36.4 Å². The zero-order chi connectivity index (χ0) is 10.9. The number of carbonyl (C=O) groups is 1. The van der Waals surface area contributed by atoms with Gasteiger partial charge in [-0.15, -0.1) is 0 Å². The van der Waals surface area contributed by atoms with E-state index in [2.05, 4.69) is 10.6 Å². The monoisotopic (exact) mass is 203 g/mol. The molecule has 0 aliphatic heterocycles. The summed E-state index contributed by atoms with van der Waals surface area (Å²) in [7, 11) is 0.